The minimum atomic E-state index is 0.0416. The molecule has 0 aliphatic rings. The zero-order chi connectivity index (χ0) is 13.7. The molecule has 0 aromatic heterocycles. The maximum Gasteiger partial charge on any atom is 0.118 e. The van der Waals surface area contributed by atoms with E-state index in [9.17, 15) is 0 Å². The Balaban J connectivity index is 2.08. The Labute approximate surface area is 115 Å². The third-order valence-electron chi connectivity index (χ3n) is 3.40. The molecule has 2 rings (SSSR count). The first kappa shape index (κ1) is 13.6. The van der Waals surface area contributed by atoms with Crippen molar-refractivity contribution >= 4 is 0 Å². The second-order valence-corrected chi connectivity index (χ2v) is 4.76. The summed E-state index contributed by atoms with van der Waals surface area (Å²) in [5, 5.41) is 0. The third-order valence-corrected chi connectivity index (χ3v) is 3.40. The van der Waals surface area contributed by atoms with E-state index in [1.54, 1.807) is 7.11 Å². The second-order valence-electron chi connectivity index (χ2n) is 4.76. The average Bonchev–Trinajstić information content (AvgIpc) is 2.48. The van der Waals surface area contributed by atoms with Crippen molar-refractivity contribution in [3.05, 3.63) is 65.2 Å². The number of hydrogen-bond donors (Lipinski definition) is 1. The molecule has 0 heterocycles. The van der Waals surface area contributed by atoms with Crippen molar-refractivity contribution in [2.75, 3.05) is 7.11 Å². The predicted octanol–water partition coefficient (Wildman–Crippen LogP) is 3.50. The van der Waals surface area contributed by atoms with Crippen LogP contribution in [0.15, 0.2) is 48.5 Å². The summed E-state index contributed by atoms with van der Waals surface area (Å²) in [5.41, 5.74) is 10.1. The van der Waals surface area contributed by atoms with E-state index in [0.717, 1.165) is 18.6 Å². The van der Waals surface area contributed by atoms with E-state index in [4.69, 9.17) is 10.5 Å². The fraction of sp³-hybridized carbons (Fsp3) is 0.294. The largest absolute Gasteiger partial charge is 0.497 e. The standard InChI is InChI=1S/C17H21NO/c1-3-13-5-4-6-15(11-13)17(18)12-14-7-9-16(19-2)10-8-14/h4-11,17H,3,12,18H2,1-2H3. The first-order valence-corrected chi connectivity index (χ1v) is 6.70. The van der Waals surface area contributed by atoms with Gasteiger partial charge in [0.2, 0.25) is 0 Å². The van der Waals surface area contributed by atoms with Gasteiger partial charge in [0.15, 0.2) is 0 Å². The van der Waals surface area contributed by atoms with Crippen LogP contribution in [-0.2, 0) is 12.8 Å². The Bertz CT molecular complexity index is 519. The topological polar surface area (TPSA) is 35.2 Å². The van der Waals surface area contributed by atoms with Crippen LogP contribution in [0.3, 0.4) is 0 Å². The molecule has 0 saturated heterocycles. The summed E-state index contributed by atoms with van der Waals surface area (Å²) in [6, 6.07) is 16.7. The summed E-state index contributed by atoms with van der Waals surface area (Å²) >= 11 is 0. The van der Waals surface area contributed by atoms with Crippen LogP contribution >= 0.6 is 0 Å². The van der Waals surface area contributed by atoms with Crippen LogP contribution in [0, 0.1) is 0 Å². The van der Waals surface area contributed by atoms with E-state index in [1.165, 1.54) is 16.7 Å². The number of nitrogens with two attached hydrogens (primary N) is 1. The summed E-state index contributed by atoms with van der Waals surface area (Å²) in [6.07, 6.45) is 1.89. The van der Waals surface area contributed by atoms with E-state index in [1.807, 2.05) is 12.1 Å². The van der Waals surface area contributed by atoms with Crippen molar-refractivity contribution < 1.29 is 4.74 Å². The molecule has 0 bridgehead atoms. The van der Waals surface area contributed by atoms with E-state index < -0.39 is 0 Å². The zero-order valence-electron chi connectivity index (χ0n) is 11.6. The molecule has 0 saturated carbocycles. The Morgan fingerprint density at radius 3 is 2.42 bits per heavy atom. The summed E-state index contributed by atoms with van der Waals surface area (Å²) in [4.78, 5) is 0. The molecule has 1 unspecified atom stereocenters. The summed E-state index contributed by atoms with van der Waals surface area (Å²) in [7, 11) is 1.68. The van der Waals surface area contributed by atoms with Crippen LogP contribution in [-0.4, -0.2) is 7.11 Å². The van der Waals surface area contributed by atoms with Crippen LogP contribution < -0.4 is 10.5 Å². The highest BCUT2D eigenvalue weighted by atomic mass is 16.5. The highest BCUT2D eigenvalue weighted by Gasteiger charge is 2.07. The maximum absolute atomic E-state index is 6.29. The fourth-order valence-corrected chi connectivity index (χ4v) is 2.18. The number of ether oxygens (including phenoxy) is 1. The quantitative estimate of drug-likeness (QED) is 0.887. The molecule has 19 heavy (non-hydrogen) atoms. The van der Waals surface area contributed by atoms with Crippen molar-refractivity contribution in [3.8, 4) is 5.75 Å². The minimum absolute atomic E-state index is 0.0416. The normalized spacial score (nSPS) is 12.2. The van der Waals surface area contributed by atoms with Gasteiger partial charge in [-0.1, -0.05) is 43.3 Å². The summed E-state index contributed by atoms with van der Waals surface area (Å²) in [6.45, 7) is 2.16. The number of benzene rings is 2. The lowest BCUT2D eigenvalue weighted by Gasteiger charge is -2.13. The van der Waals surface area contributed by atoms with Gasteiger partial charge < -0.3 is 10.5 Å². The first-order valence-electron chi connectivity index (χ1n) is 6.70. The number of aryl methyl sites for hydroxylation is 1. The zero-order valence-corrected chi connectivity index (χ0v) is 11.6. The highest BCUT2D eigenvalue weighted by molar-refractivity contribution is 5.30. The van der Waals surface area contributed by atoms with Gasteiger partial charge in [0.05, 0.1) is 7.11 Å². The van der Waals surface area contributed by atoms with Gasteiger partial charge in [-0.25, -0.2) is 0 Å². The molecular weight excluding hydrogens is 234 g/mol. The molecule has 0 aliphatic carbocycles. The van der Waals surface area contributed by atoms with Gasteiger partial charge in [-0.2, -0.15) is 0 Å². The van der Waals surface area contributed by atoms with Gasteiger partial charge in [-0.05, 0) is 41.7 Å². The molecule has 0 spiro atoms. The molecule has 0 fully saturated rings. The van der Waals surface area contributed by atoms with Crippen molar-refractivity contribution in [1.82, 2.24) is 0 Å². The average molecular weight is 255 g/mol. The van der Waals surface area contributed by atoms with Gasteiger partial charge in [0, 0.05) is 6.04 Å². The van der Waals surface area contributed by atoms with Gasteiger partial charge in [0.25, 0.3) is 0 Å². The molecule has 2 aromatic carbocycles. The minimum Gasteiger partial charge on any atom is -0.497 e. The summed E-state index contributed by atoms with van der Waals surface area (Å²) in [5.74, 6) is 0.880. The van der Waals surface area contributed by atoms with E-state index in [0.29, 0.717) is 0 Å². The van der Waals surface area contributed by atoms with E-state index in [-0.39, 0.29) is 6.04 Å². The molecule has 0 amide bonds. The number of methoxy groups -OCH3 is 1. The third kappa shape index (κ3) is 3.58. The van der Waals surface area contributed by atoms with Gasteiger partial charge in [-0.15, -0.1) is 0 Å². The Hall–Kier alpha value is -1.80. The lowest BCUT2D eigenvalue weighted by atomic mass is 9.97. The lowest BCUT2D eigenvalue weighted by Crippen LogP contribution is -2.13. The monoisotopic (exact) mass is 255 g/mol. The van der Waals surface area contributed by atoms with Crippen LogP contribution in [0.4, 0.5) is 0 Å². The van der Waals surface area contributed by atoms with Crippen molar-refractivity contribution in [2.45, 2.75) is 25.8 Å². The van der Waals surface area contributed by atoms with Crippen LogP contribution in [0.2, 0.25) is 0 Å². The number of rotatable bonds is 5. The number of hydrogen-bond acceptors (Lipinski definition) is 2. The molecule has 2 heteroatoms. The molecule has 0 radical (unpaired) electrons. The molecular formula is C17H21NO. The molecule has 2 aromatic rings. The second kappa shape index (κ2) is 6.39. The first-order chi connectivity index (χ1) is 9.22. The smallest absolute Gasteiger partial charge is 0.118 e. The summed E-state index contributed by atoms with van der Waals surface area (Å²) < 4.78 is 5.16. The molecule has 100 valence electrons. The molecule has 1 atom stereocenters. The molecule has 0 aliphatic heterocycles. The van der Waals surface area contributed by atoms with Crippen LogP contribution in [0.1, 0.15) is 29.7 Å². The SMILES string of the molecule is CCc1cccc(C(N)Cc2ccc(OC)cc2)c1. The predicted molar refractivity (Wildman–Crippen MR) is 79.4 cm³/mol. The molecule has 2 N–H and O–H groups in total. The Morgan fingerprint density at radius 2 is 1.79 bits per heavy atom. The van der Waals surface area contributed by atoms with E-state index in [2.05, 4.69) is 43.3 Å². The van der Waals surface area contributed by atoms with Gasteiger partial charge in [-0.3, -0.25) is 0 Å². The lowest BCUT2D eigenvalue weighted by molar-refractivity contribution is 0.414. The van der Waals surface area contributed by atoms with Crippen molar-refractivity contribution in [1.29, 1.82) is 0 Å². The molecule has 2 nitrogen and oxygen atoms in total. The van der Waals surface area contributed by atoms with Crippen molar-refractivity contribution in [2.24, 2.45) is 5.73 Å². The van der Waals surface area contributed by atoms with Crippen LogP contribution in [0.25, 0.3) is 0 Å². The van der Waals surface area contributed by atoms with E-state index >= 15 is 0 Å². The van der Waals surface area contributed by atoms with Gasteiger partial charge >= 0.3 is 0 Å². The Morgan fingerprint density at radius 1 is 1.05 bits per heavy atom. The Kier molecular flexibility index (Phi) is 4.58. The van der Waals surface area contributed by atoms with Gasteiger partial charge in [0.1, 0.15) is 5.75 Å². The highest BCUT2D eigenvalue weighted by Crippen LogP contribution is 2.19. The van der Waals surface area contributed by atoms with Crippen molar-refractivity contribution in [3.63, 3.8) is 0 Å². The fourth-order valence-electron chi connectivity index (χ4n) is 2.18. The maximum atomic E-state index is 6.29. The van der Waals surface area contributed by atoms with Crippen LogP contribution in [0.5, 0.6) is 5.75 Å².